The number of nitrogens with zero attached hydrogens (tertiary/aromatic N) is 1. The number of halogens is 4. The molecule has 1 aliphatic rings. The van der Waals surface area contributed by atoms with E-state index in [1.54, 1.807) is 0 Å². The maximum Gasteiger partial charge on any atom is 0.417 e. The number of hydrogen-bond donors (Lipinski definition) is 0. The van der Waals surface area contributed by atoms with Crippen LogP contribution in [0.25, 0.3) is 0 Å². The SMILES string of the molecule is C#CC1CC(=O)N(c2ccc(C(F)(F)F)c(Cl)c2)C1. The van der Waals surface area contributed by atoms with Gasteiger partial charge >= 0.3 is 6.18 Å². The van der Waals surface area contributed by atoms with Gasteiger partial charge < -0.3 is 4.90 Å². The predicted molar refractivity (Wildman–Crippen MR) is 65.7 cm³/mol. The first-order valence-corrected chi connectivity index (χ1v) is 5.84. The first-order chi connectivity index (χ1) is 8.82. The number of alkyl halides is 3. The highest BCUT2D eigenvalue weighted by molar-refractivity contribution is 6.31. The van der Waals surface area contributed by atoms with Crippen LogP contribution in [0.15, 0.2) is 18.2 Å². The molecule has 1 aliphatic heterocycles. The summed E-state index contributed by atoms with van der Waals surface area (Å²) in [6.07, 6.45) is 0.939. The molecule has 1 amide bonds. The number of hydrogen-bond acceptors (Lipinski definition) is 1. The van der Waals surface area contributed by atoms with E-state index in [4.69, 9.17) is 18.0 Å². The Bertz CT molecular complexity index is 562. The molecule has 1 heterocycles. The van der Waals surface area contributed by atoms with E-state index in [-0.39, 0.29) is 18.2 Å². The lowest BCUT2D eigenvalue weighted by molar-refractivity contribution is -0.137. The predicted octanol–water partition coefficient (Wildman–Crippen LogP) is 3.34. The van der Waals surface area contributed by atoms with Crippen LogP contribution in [-0.2, 0) is 11.0 Å². The normalized spacial score (nSPS) is 19.6. The summed E-state index contributed by atoms with van der Waals surface area (Å²) < 4.78 is 37.7. The summed E-state index contributed by atoms with van der Waals surface area (Å²) in [6, 6.07) is 3.24. The van der Waals surface area contributed by atoms with Gasteiger partial charge in [-0.1, -0.05) is 11.6 Å². The van der Waals surface area contributed by atoms with Gasteiger partial charge in [-0.3, -0.25) is 4.79 Å². The number of carbonyl (C=O) groups is 1. The molecule has 1 fully saturated rings. The average Bonchev–Trinajstić information content (AvgIpc) is 2.68. The molecule has 0 aliphatic carbocycles. The topological polar surface area (TPSA) is 20.3 Å². The van der Waals surface area contributed by atoms with Crippen LogP contribution in [0.3, 0.4) is 0 Å². The van der Waals surface area contributed by atoms with Gasteiger partial charge in [0.05, 0.1) is 10.6 Å². The standard InChI is InChI=1S/C13H9ClF3NO/c1-2-8-5-12(19)18(7-8)9-3-4-10(11(14)6-9)13(15,16)17/h1,3-4,6,8H,5,7H2. The van der Waals surface area contributed by atoms with Crippen molar-refractivity contribution in [3.63, 3.8) is 0 Å². The fourth-order valence-corrected chi connectivity index (χ4v) is 2.25. The fourth-order valence-electron chi connectivity index (χ4n) is 1.97. The monoisotopic (exact) mass is 287 g/mol. The van der Waals surface area contributed by atoms with Gasteiger partial charge in [-0.25, -0.2) is 0 Å². The van der Waals surface area contributed by atoms with Crippen molar-refractivity contribution in [1.29, 1.82) is 0 Å². The lowest BCUT2D eigenvalue weighted by atomic mass is 10.1. The molecule has 1 aromatic rings. The summed E-state index contributed by atoms with van der Waals surface area (Å²) >= 11 is 5.61. The maximum atomic E-state index is 12.6. The molecule has 0 spiro atoms. The number of rotatable bonds is 1. The van der Waals surface area contributed by atoms with Crippen molar-refractivity contribution in [3.8, 4) is 12.3 Å². The van der Waals surface area contributed by atoms with Gasteiger partial charge in [0, 0.05) is 24.6 Å². The van der Waals surface area contributed by atoms with Crippen LogP contribution < -0.4 is 4.90 Å². The lowest BCUT2D eigenvalue weighted by Gasteiger charge is -2.18. The van der Waals surface area contributed by atoms with Crippen LogP contribution in [0.5, 0.6) is 0 Å². The van der Waals surface area contributed by atoms with Crippen LogP contribution in [-0.4, -0.2) is 12.5 Å². The third kappa shape index (κ3) is 2.69. The van der Waals surface area contributed by atoms with E-state index in [0.717, 1.165) is 12.1 Å². The van der Waals surface area contributed by atoms with Gasteiger partial charge in [0.15, 0.2) is 0 Å². The van der Waals surface area contributed by atoms with E-state index < -0.39 is 16.8 Å². The second-order valence-corrected chi connectivity index (χ2v) is 4.64. The number of terminal acetylenes is 1. The van der Waals surface area contributed by atoms with Crippen molar-refractivity contribution in [1.82, 2.24) is 0 Å². The van der Waals surface area contributed by atoms with Crippen LogP contribution in [0, 0.1) is 18.3 Å². The van der Waals surface area contributed by atoms with Crippen molar-refractivity contribution in [2.24, 2.45) is 5.92 Å². The van der Waals surface area contributed by atoms with E-state index in [0.29, 0.717) is 12.2 Å². The highest BCUT2D eigenvalue weighted by Gasteiger charge is 2.34. The fraction of sp³-hybridized carbons (Fsp3) is 0.308. The molecule has 2 rings (SSSR count). The van der Waals surface area contributed by atoms with Crippen molar-refractivity contribution >= 4 is 23.2 Å². The average molecular weight is 288 g/mol. The Labute approximate surface area is 113 Å². The van der Waals surface area contributed by atoms with Crippen molar-refractivity contribution < 1.29 is 18.0 Å². The van der Waals surface area contributed by atoms with Crippen LogP contribution in [0.1, 0.15) is 12.0 Å². The number of carbonyl (C=O) groups excluding carboxylic acids is 1. The molecular formula is C13H9ClF3NO. The first kappa shape index (κ1) is 13.8. The largest absolute Gasteiger partial charge is 0.417 e. The number of amides is 1. The highest BCUT2D eigenvalue weighted by atomic mass is 35.5. The minimum absolute atomic E-state index is 0.204. The zero-order valence-corrected chi connectivity index (χ0v) is 10.4. The molecule has 0 radical (unpaired) electrons. The number of anilines is 1. The molecule has 19 heavy (non-hydrogen) atoms. The van der Waals surface area contributed by atoms with Crippen LogP contribution >= 0.6 is 11.6 Å². The second-order valence-electron chi connectivity index (χ2n) is 4.23. The van der Waals surface area contributed by atoms with Crippen LogP contribution in [0.4, 0.5) is 18.9 Å². The summed E-state index contributed by atoms with van der Waals surface area (Å²) in [6.45, 7) is 0.303. The molecule has 1 atom stereocenters. The summed E-state index contributed by atoms with van der Waals surface area (Å²) in [4.78, 5) is 13.1. The van der Waals surface area contributed by atoms with Gasteiger partial charge in [0.25, 0.3) is 0 Å². The summed E-state index contributed by atoms with van der Waals surface area (Å²) in [7, 11) is 0. The molecule has 0 saturated carbocycles. The number of benzene rings is 1. The zero-order chi connectivity index (χ0) is 14.2. The Hall–Kier alpha value is -1.67. The molecule has 1 aromatic carbocycles. The van der Waals surface area contributed by atoms with E-state index in [1.165, 1.54) is 11.0 Å². The van der Waals surface area contributed by atoms with Crippen molar-refractivity contribution in [2.75, 3.05) is 11.4 Å². The zero-order valence-electron chi connectivity index (χ0n) is 9.67. The molecule has 0 aromatic heterocycles. The maximum absolute atomic E-state index is 12.6. The Morgan fingerprint density at radius 1 is 1.42 bits per heavy atom. The molecule has 0 N–H and O–H groups in total. The smallest absolute Gasteiger partial charge is 0.311 e. The van der Waals surface area contributed by atoms with Gasteiger partial charge in [-0.15, -0.1) is 12.3 Å². The van der Waals surface area contributed by atoms with Gasteiger partial charge in [-0.05, 0) is 18.2 Å². The van der Waals surface area contributed by atoms with Crippen molar-refractivity contribution in [3.05, 3.63) is 28.8 Å². The Kier molecular flexibility index (Phi) is 3.46. The molecule has 6 heteroatoms. The third-order valence-electron chi connectivity index (χ3n) is 2.93. The molecule has 1 unspecified atom stereocenters. The summed E-state index contributed by atoms with van der Waals surface area (Å²) in [5.74, 6) is 2.05. The highest BCUT2D eigenvalue weighted by Crippen LogP contribution is 2.37. The Balaban J connectivity index is 2.31. The molecule has 0 bridgehead atoms. The minimum Gasteiger partial charge on any atom is -0.311 e. The van der Waals surface area contributed by atoms with Crippen LogP contribution in [0.2, 0.25) is 5.02 Å². The quantitative estimate of drug-likeness (QED) is 0.726. The van der Waals surface area contributed by atoms with E-state index in [1.807, 2.05) is 0 Å². The first-order valence-electron chi connectivity index (χ1n) is 5.46. The minimum atomic E-state index is -4.51. The summed E-state index contributed by atoms with van der Waals surface area (Å²) in [5.41, 5.74) is -0.584. The summed E-state index contributed by atoms with van der Waals surface area (Å²) in [5, 5.41) is -0.429. The van der Waals surface area contributed by atoms with Gasteiger partial charge in [0.2, 0.25) is 5.91 Å². The molecule has 2 nitrogen and oxygen atoms in total. The van der Waals surface area contributed by atoms with Crippen molar-refractivity contribution in [2.45, 2.75) is 12.6 Å². The Morgan fingerprint density at radius 3 is 2.58 bits per heavy atom. The molecular weight excluding hydrogens is 279 g/mol. The van der Waals surface area contributed by atoms with E-state index in [9.17, 15) is 18.0 Å². The van der Waals surface area contributed by atoms with Gasteiger partial charge in [0.1, 0.15) is 0 Å². The van der Waals surface area contributed by atoms with Gasteiger partial charge in [-0.2, -0.15) is 13.2 Å². The Morgan fingerprint density at radius 2 is 2.11 bits per heavy atom. The van der Waals surface area contributed by atoms with E-state index in [2.05, 4.69) is 5.92 Å². The molecule has 1 saturated heterocycles. The molecule has 100 valence electrons. The second kappa shape index (κ2) is 4.78. The lowest BCUT2D eigenvalue weighted by Crippen LogP contribution is -2.24. The van der Waals surface area contributed by atoms with E-state index >= 15 is 0 Å². The third-order valence-corrected chi connectivity index (χ3v) is 3.24.